The van der Waals surface area contributed by atoms with E-state index in [0.29, 0.717) is 101 Å². The van der Waals surface area contributed by atoms with Gasteiger partial charge in [-0.05, 0) is 82.0 Å². The molecule has 3 aliphatic heterocycles. The Labute approximate surface area is 406 Å². The molecular formula is C45H63N4O16S3+. The third kappa shape index (κ3) is 14.4. The van der Waals surface area contributed by atoms with Gasteiger partial charge in [0.25, 0.3) is 11.8 Å². The smallest absolute Gasteiger partial charge is 0.333 e. The van der Waals surface area contributed by atoms with Gasteiger partial charge in [-0.2, -0.15) is 4.58 Å². The zero-order valence-electron chi connectivity index (χ0n) is 39.1. The van der Waals surface area contributed by atoms with Crippen molar-refractivity contribution < 1.29 is 80.4 Å². The van der Waals surface area contributed by atoms with Crippen molar-refractivity contribution in [1.29, 1.82) is 0 Å². The molecule has 2 amide bonds. The van der Waals surface area contributed by atoms with Crippen LogP contribution >= 0.6 is 24.1 Å². The third-order valence-electron chi connectivity index (χ3n) is 11.9. The van der Waals surface area contributed by atoms with E-state index in [9.17, 15) is 22.8 Å². The maximum atomic E-state index is 13.7. The molecule has 68 heavy (non-hydrogen) atoms. The number of hydroxylamine groups is 2. The Balaban J connectivity index is 1.39. The predicted molar refractivity (Wildman–Crippen MR) is 251 cm³/mol. The number of unbranched alkanes of at least 4 members (excludes halogenated alkanes) is 2. The van der Waals surface area contributed by atoms with Crippen LogP contribution in [0.5, 0.6) is 0 Å². The van der Waals surface area contributed by atoms with E-state index < -0.39 is 38.6 Å². The molecule has 0 saturated carbocycles. The molecule has 2 aromatic carbocycles. The number of allylic oxidation sites excluding steroid dienone is 4. The lowest BCUT2D eigenvalue weighted by atomic mass is 9.78. The van der Waals surface area contributed by atoms with Gasteiger partial charge in [0.2, 0.25) is 15.7 Å². The van der Waals surface area contributed by atoms with Gasteiger partial charge in [0.1, 0.15) is 6.54 Å². The number of hydrogen-bond acceptors (Lipinski definition) is 19. The molecule has 1 atom stereocenters. The van der Waals surface area contributed by atoms with Crippen molar-refractivity contribution in [3.05, 3.63) is 71.5 Å². The third-order valence-corrected chi connectivity index (χ3v) is 14.5. The number of ether oxygens (including phenoxy) is 4. The number of methoxy groups -OCH3 is 2. The molecule has 376 valence electrons. The largest absolute Gasteiger partial charge is 0.382 e. The molecule has 23 heteroatoms. The summed E-state index contributed by atoms with van der Waals surface area (Å²) in [7, 11) is -0.686. The van der Waals surface area contributed by atoms with Crippen LogP contribution < -0.4 is 9.62 Å². The fraction of sp³-hybridized carbons (Fsp3) is 0.556. The van der Waals surface area contributed by atoms with E-state index in [1.807, 2.05) is 44.2 Å². The lowest BCUT2D eigenvalue weighted by Gasteiger charge is -2.30. The molecule has 0 bridgehead atoms. The number of nitrogens with zero attached hydrogens (tertiary/aromatic N) is 3. The monoisotopic (exact) mass is 1010 g/mol. The van der Waals surface area contributed by atoms with E-state index in [2.05, 4.69) is 47.7 Å². The van der Waals surface area contributed by atoms with Crippen LogP contribution in [0.3, 0.4) is 0 Å². The fourth-order valence-corrected chi connectivity index (χ4v) is 10.2. The molecule has 1 unspecified atom stereocenters. The van der Waals surface area contributed by atoms with Gasteiger partial charge >= 0.3 is 5.97 Å². The second-order valence-electron chi connectivity index (χ2n) is 16.7. The average Bonchev–Trinajstić information content (AvgIpc) is 3.84. The van der Waals surface area contributed by atoms with Gasteiger partial charge < -0.3 is 28.7 Å². The number of anilines is 1. The molecule has 1 saturated heterocycles. The van der Waals surface area contributed by atoms with Crippen LogP contribution in [0.2, 0.25) is 0 Å². The number of sulfonamides is 1. The number of carbonyl (C=O) groups excluding carboxylic acids is 3. The number of benzene rings is 2. The summed E-state index contributed by atoms with van der Waals surface area (Å²) in [6.45, 7) is 10.1. The maximum Gasteiger partial charge on any atom is 0.333 e. The van der Waals surface area contributed by atoms with E-state index in [1.54, 1.807) is 26.4 Å². The van der Waals surface area contributed by atoms with Gasteiger partial charge in [-0.15, -0.1) is 13.7 Å². The van der Waals surface area contributed by atoms with E-state index >= 15 is 0 Å². The fourth-order valence-electron chi connectivity index (χ4n) is 8.36. The van der Waals surface area contributed by atoms with Crippen molar-refractivity contribution in [2.24, 2.45) is 0 Å². The standard InChI is InChI=1S/C45H62N4O16S3/c1-44(2)35-32-34(68(55,56)46-21-8-6-7-13-43(52)61-49-41(50)18-19-42(49)51)15-17-37(35)47(22-10-30-66-64-62-53)39(44)11-9-12-40-45(3,20-24-59-28-26-57-4)36-31-33(67-65-63-54)14-16-38(36)48(40)23-25-60-29-27-58-5/h9,11-12,14-17,31-32,46H,6-8,10,13,18-30H2,1-5H3,(H-,53,54)/p+1. The number of nitrogens with one attached hydrogen (secondary N) is 1. The first-order valence-electron chi connectivity index (χ1n) is 22.3. The molecule has 0 spiro atoms. The summed E-state index contributed by atoms with van der Waals surface area (Å²) in [5.74, 6) is -1.30. The minimum Gasteiger partial charge on any atom is -0.382 e. The first-order valence-corrected chi connectivity index (χ1v) is 25.4. The maximum absolute atomic E-state index is 13.7. The average molecular weight is 1010 g/mol. The molecule has 1 fully saturated rings. The Bertz CT molecular complexity index is 2230. The zero-order chi connectivity index (χ0) is 49.2. The molecule has 0 aromatic heterocycles. The number of carbonyl (C=O) groups is 3. The first kappa shape index (κ1) is 55.1. The summed E-state index contributed by atoms with van der Waals surface area (Å²) in [5, 5.41) is 25.8. The summed E-state index contributed by atoms with van der Waals surface area (Å²) in [4.78, 5) is 43.6. The molecule has 5 rings (SSSR count). The minimum atomic E-state index is -3.94. The number of amides is 2. The van der Waals surface area contributed by atoms with Gasteiger partial charge in [-0.3, -0.25) is 9.59 Å². The Morgan fingerprint density at radius 1 is 0.868 bits per heavy atom. The molecule has 3 aliphatic rings. The van der Waals surface area contributed by atoms with Crippen molar-refractivity contribution in [3.8, 4) is 0 Å². The Hall–Kier alpha value is -3.79. The molecule has 3 N–H and O–H groups in total. The van der Waals surface area contributed by atoms with Crippen molar-refractivity contribution >= 4 is 69.0 Å². The Morgan fingerprint density at radius 3 is 2.29 bits per heavy atom. The van der Waals surface area contributed by atoms with Crippen LogP contribution in [0.4, 0.5) is 11.4 Å². The van der Waals surface area contributed by atoms with Gasteiger partial charge in [0.15, 0.2) is 5.71 Å². The highest BCUT2D eigenvalue weighted by molar-refractivity contribution is 7.94. The van der Waals surface area contributed by atoms with E-state index in [1.165, 1.54) is 0 Å². The Morgan fingerprint density at radius 2 is 1.59 bits per heavy atom. The van der Waals surface area contributed by atoms with Crippen LogP contribution in [-0.2, 0) is 77.8 Å². The van der Waals surface area contributed by atoms with Crippen LogP contribution in [0, 0.1) is 0 Å². The van der Waals surface area contributed by atoms with Crippen LogP contribution in [0.1, 0.15) is 83.3 Å². The first-order chi connectivity index (χ1) is 32.7. The summed E-state index contributed by atoms with van der Waals surface area (Å²) in [5.41, 5.74) is 4.31. The molecular weight excluding hydrogens is 949 g/mol. The van der Waals surface area contributed by atoms with Gasteiger partial charge in [0, 0.05) is 117 Å². The second-order valence-corrected chi connectivity index (χ2v) is 20.0. The van der Waals surface area contributed by atoms with Crippen LogP contribution in [-0.4, -0.2) is 131 Å². The van der Waals surface area contributed by atoms with Crippen molar-refractivity contribution in [1.82, 2.24) is 9.79 Å². The van der Waals surface area contributed by atoms with Gasteiger partial charge in [-0.25, -0.2) is 28.4 Å². The van der Waals surface area contributed by atoms with Crippen molar-refractivity contribution in [2.45, 2.75) is 92.8 Å². The summed E-state index contributed by atoms with van der Waals surface area (Å²) in [6, 6.07) is 11.0. The lowest BCUT2D eigenvalue weighted by molar-refractivity contribution is -0.438. The van der Waals surface area contributed by atoms with Crippen molar-refractivity contribution in [2.75, 3.05) is 84.1 Å². The van der Waals surface area contributed by atoms with E-state index in [0.717, 1.165) is 58.0 Å². The van der Waals surface area contributed by atoms with Gasteiger partial charge in [-0.1, -0.05) is 22.6 Å². The molecule has 0 aliphatic carbocycles. The topological polar surface area (TPSA) is 230 Å². The van der Waals surface area contributed by atoms with Crippen LogP contribution in [0.25, 0.3) is 0 Å². The predicted octanol–water partition coefficient (Wildman–Crippen LogP) is 6.33. The van der Waals surface area contributed by atoms with Crippen LogP contribution in [0.15, 0.2) is 70.1 Å². The zero-order valence-corrected chi connectivity index (χ0v) is 41.5. The molecule has 3 heterocycles. The second kappa shape index (κ2) is 27.0. The molecule has 20 nitrogen and oxygen atoms in total. The number of hydrogen-bond donors (Lipinski definition) is 3. The van der Waals surface area contributed by atoms with Crippen molar-refractivity contribution in [3.63, 3.8) is 0 Å². The normalized spacial score (nSPS) is 18.5. The summed E-state index contributed by atoms with van der Waals surface area (Å²) >= 11 is 1.84. The van der Waals surface area contributed by atoms with E-state index in [-0.39, 0.29) is 30.7 Å². The number of imide groups is 1. The SMILES string of the molecule is COCCOCCN1C(=CC=CC2=[N+](CCCSOOO)c3ccc(S(=O)(=O)NCCCCCC(=O)ON4C(=O)CCC4=O)cc3C2(C)C)C(C)(CCOCCOC)c2cc(SOOO)ccc21. The minimum absolute atomic E-state index is 0.0114. The summed E-state index contributed by atoms with van der Waals surface area (Å²) < 4.78 is 64.0. The Kier molecular flexibility index (Phi) is 21.9. The summed E-state index contributed by atoms with van der Waals surface area (Å²) in [6.07, 6.45) is 8.71. The van der Waals surface area contributed by atoms with E-state index in [4.69, 9.17) is 38.6 Å². The molecule has 0 radical (unpaired) electrons. The van der Waals surface area contributed by atoms with Gasteiger partial charge in [0.05, 0.1) is 55.4 Å². The highest BCUT2D eigenvalue weighted by Crippen LogP contribution is 2.51. The highest BCUT2D eigenvalue weighted by atomic mass is 32.2. The highest BCUT2D eigenvalue weighted by Gasteiger charge is 2.46. The number of fused-ring (bicyclic) bond motifs is 2. The quantitative estimate of drug-likeness (QED) is 0.0182. The molecule has 2 aromatic rings. The lowest BCUT2D eigenvalue weighted by Crippen LogP contribution is -2.32. The number of rotatable bonds is 32.